The summed E-state index contributed by atoms with van der Waals surface area (Å²) in [4.78, 5) is 10.4. The molecular weight excluding hydrogens is 212 g/mol. The Labute approximate surface area is 92.3 Å². The predicted octanol–water partition coefficient (Wildman–Crippen LogP) is 1.68. The number of hydrogen-bond donors (Lipinski definition) is 1. The van der Waals surface area contributed by atoms with Crippen LogP contribution < -0.4 is 5.32 Å². The van der Waals surface area contributed by atoms with Gasteiger partial charge in [-0.3, -0.25) is 10.1 Å². The molecule has 0 aliphatic carbocycles. The highest BCUT2D eigenvalue weighted by Crippen LogP contribution is 2.32. The first kappa shape index (κ1) is 10.8. The highest BCUT2D eigenvalue weighted by Gasteiger charge is 2.26. The van der Waals surface area contributed by atoms with E-state index in [1.807, 2.05) is 0 Å². The van der Waals surface area contributed by atoms with Crippen LogP contribution in [0.15, 0.2) is 18.2 Å². The summed E-state index contributed by atoms with van der Waals surface area (Å²) in [6, 6.07) is 4.77. The predicted molar refractivity (Wildman–Crippen MR) is 57.3 cm³/mol. The average molecular weight is 224 g/mol. The van der Waals surface area contributed by atoms with E-state index in [2.05, 4.69) is 5.32 Å². The summed E-state index contributed by atoms with van der Waals surface area (Å²) in [5.74, 6) is 0. The average Bonchev–Trinajstić information content (AvgIpc) is 2.81. The van der Waals surface area contributed by atoms with Gasteiger partial charge >= 0.3 is 0 Å². The number of hydrogen-bond acceptors (Lipinski definition) is 5. The maximum Gasteiger partial charge on any atom is 0.277 e. The normalized spacial score (nSPS) is 16.3. The van der Waals surface area contributed by atoms with Crippen LogP contribution >= 0.6 is 0 Å². The second-order valence-corrected chi connectivity index (χ2v) is 3.35. The van der Waals surface area contributed by atoms with E-state index in [1.165, 1.54) is 6.07 Å². The first-order valence-corrected chi connectivity index (χ1v) is 4.91. The number of benzene rings is 1. The molecule has 2 rings (SSSR count). The number of ether oxygens (including phenoxy) is 2. The molecule has 6 heteroatoms. The Kier molecular flexibility index (Phi) is 3.02. The van der Waals surface area contributed by atoms with Crippen molar-refractivity contribution in [2.45, 2.75) is 6.29 Å². The monoisotopic (exact) mass is 224 g/mol. The van der Waals surface area contributed by atoms with Crippen molar-refractivity contribution < 1.29 is 14.4 Å². The molecule has 16 heavy (non-hydrogen) atoms. The molecule has 1 aliphatic heterocycles. The zero-order valence-corrected chi connectivity index (χ0v) is 8.80. The van der Waals surface area contributed by atoms with Gasteiger partial charge in [0.05, 0.1) is 23.7 Å². The molecule has 0 saturated carbocycles. The van der Waals surface area contributed by atoms with E-state index in [0.717, 1.165) is 5.69 Å². The lowest BCUT2D eigenvalue weighted by Crippen LogP contribution is -2.04. The summed E-state index contributed by atoms with van der Waals surface area (Å²) in [6.07, 6.45) is -0.631. The Bertz CT molecular complexity index is 402. The van der Waals surface area contributed by atoms with Crippen molar-refractivity contribution in [3.05, 3.63) is 33.9 Å². The molecule has 1 saturated heterocycles. The molecule has 0 amide bonds. The van der Waals surface area contributed by atoms with E-state index in [1.54, 1.807) is 19.2 Å². The minimum atomic E-state index is -0.631. The largest absolute Gasteiger partial charge is 0.388 e. The van der Waals surface area contributed by atoms with Crippen molar-refractivity contribution in [3.63, 3.8) is 0 Å². The molecule has 1 aromatic carbocycles. The van der Waals surface area contributed by atoms with Crippen molar-refractivity contribution in [2.24, 2.45) is 0 Å². The third-order valence-corrected chi connectivity index (χ3v) is 2.39. The van der Waals surface area contributed by atoms with E-state index < -0.39 is 11.2 Å². The smallest absolute Gasteiger partial charge is 0.277 e. The van der Waals surface area contributed by atoms with Gasteiger partial charge in [0.25, 0.3) is 5.69 Å². The lowest BCUT2D eigenvalue weighted by molar-refractivity contribution is -0.386. The third-order valence-electron chi connectivity index (χ3n) is 2.39. The summed E-state index contributed by atoms with van der Waals surface area (Å²) in [5.41, 5.74) is 1.26. The minimum absolute atomic E-state index is 0.0194. The van der Waals surface area contributed by atoms with Crippen molar-refractivity contribution >= 4 is 11.4 Å². The van der Waals surface area contributed by atoms with Crippen molar-refractivity contribution in [2.75, 3.05) is 25.6 Å². The molecule has 0 radical (unpaired) electrons. The quantitative estimate of drug-likeness (QED) is 0.624. The van der Waals surface area contributed by atoms with Gasteiger partial charge in [-0.1, -0.05) is 0 Å². The van der Waals surface area contributed by atoms with E-state index in [9.17, 15) is 10.1 Å². The number of nitro groups is 1. The summed E-state index contributed by atoms with van der Waals surface area (Å²) in [6.45, 7) is 0.928. The Morgan fingerprint density at radius 2 is 2.12 bits per heavy atom. The lowest BCUT2D eigenvalue weighted by atomic mass is 10.1. The van der Waals surface area contributed by atoms with Crippen LogP contribution in [0.1, 0.15) is 11.9 Å². The van der Waals surface area contributed by atoms with Crippen LogP contribution in [0.25, 0.3) is 0 Å². The maximum atomic E-state index is 10.9. The molecule has 1 heterocycles. The molecule has 1 fully saturated rings. The third kappa shape index (κ3) is 1.98. The Morgan fingerprint density at radius 1 is 1.44 bits per heavy atom. The van der Waals surface area contributed by atoms with Crippen LogP contribution in [0, 0.1) is 10.1 Å². The van der Waals surface area contributed by atoms with Gasteiger partial charge in [-0.05, 0) is 12.1 Å². The van der Waals surface area contributed by atoms with Crippen molar-refractivity contribution in [3.8, 4) is 0 Å². The standard InChI is InChI=1S/C10H12N2O4/c1-11-7-2-3-9(12(13)14)8(6-7)10-15-4-5-16-10/h2-3,6,10-11H,4-5H2,1H3. The van der Waals surface area contributed by atoms with E-state index in [0.29, 0.717) is 18.8 Å². The zero-order valence-electron chi connectivity index (χ0n) is 8.80. The van der Waals surface area contributed by atoms with Gasteiger partial charge in [-0.15, -0.1) is 0 Å². The van der Waals surface area contributed by atoms with E-state index in [4.69, 9.17) is 9.47 Å². The summed E-state index contributed by atoms with van der Waals surface area (Å²) < 4.78 is 10.5. The molecule has 0 unspecified atom stereocenters. The fourth-order valence-corrected chi connectivity index (χ4v) is 1.60. The second-order valence-electron chi connectivity index (χ2n) is 3.35. The second kappa shape index (κ2) is 4.46. The SMILES string of the molecule is CNc1ccc([N+](=O)[O-])c(C2OCCO2)c1. The van der Waals surface area contributed by atoms with Gasteiger partial charge in [0.2, 0.25) is 0 Å². The molecular formula is C10H12N2O4. The van der Waals surface area contributed by atoms with Gasteiger partial charge in [-0.2, -0.15) is 0 Å². The van der Waals surface area contributed by atoms with Crippen LogP contribution in [0.4, 0.5) is 11.4 Å². The Hall–Kier alpha value is -1.66. The molecule has 1 N–H and O–H groups in total. The molecule has 0 aromatic heterocycles. The van der Waals surface area contributed by atoms with Gasteiger partial charge in [0, 0.05) is 18.8 Å². The molecule has 0 spiro atoms. The first-order chi connectivity index (χ1) is 7.72. The van der Waals surface area contributed by atoms with Crippen LogP contribution in [0.5, 0.6) is 0 Å². The topological polar surface area (TPSA) is 73.6 Å². The molecule has 0 bridgehead atoms. The molecule has 1 aromatic rings. The lowest BCUT2D eigenvalue weighted by Gasteiger charge is -2.11. The minimum Gasteiger partial charge on any atom is -0.388 e. The highest BCUT2D eigenvalue weighted by atomic mass is 16.7. The van der Waals surface area contributed by atoms with Crippen LogP contribution in [0.3, 0.4) is 0 Å². The van der Waals surface area contributed by atoms with Crippen LogP contribution in [0.2, 0.25) is 0 Å². The fourth-order valence-electron chi connectivity index (χ4n) is 1.60. The molecule has 1 aliphatic rings. The summed E-state index contributed by atoms with van der Waals surface area (Å²) >= 11 is 0. The summed E-state index contributed by atoms with van der Waals surface area (Å²) in [7, 11) is 1.75. The number of rotatable bonds is 3. The summed E-state index contributed by atoms with van der Waals surface area (Å²) in [5, 5.41) is 13.8. The van der Waals surface area contributed by atoms with Gasteiger partial charge in [-0.25, -0.2) is 0 Å². The maximum absolute atomic E-state index is 10.9. The highest BCUT2D eigenvalue weighted by molar-refractivity contribution is 5.54. The van der Waals surface area contributed by atoms with Crippen molar-refractivity contribution in [1.29, 1.82) is 0 Å². The number of nitro benzene ring substituents is 1. The van der Waals surface area contributed by atoms with Crippen LogP contribution in [-0.2, 0) is 9.47 Å². The molecule has 6 nitrogen and oxygen atoms in total. The number of nitrogens with zero attached hydrogens (tertiary/aromatic N) is 1. The molecule has 86 valence electrons. The Balaban J connectivity index is 2.40. The molecule has 0 atom stereocenters. The van der Waals surface area contributed by atoms with Crippen molar-refractivity contribution in [1.82, 2.24) is 0 Å². The van der Waals surface area contributed by atoms with E-state index in [-0.39, 0.29) is 5.69 Å². The number of nitrogens with one attached hydrogen (secondary N) is 1. The van der Waals surface area contributed by atoms with Gasteiger partial charge < -0.3 is 14.8 Å². The Morgan fingerprint density at radius 3 is 2.69 bits per heavy atom. The fraction of sp³-hybridized carbons (Fsp3) is 0.400. The van der Waals surface area contributed by atoms with Gasteiger partial charge in [0.1, 0.15) is 0 Å². The van der Waals surface area contributed by atoms with Gasteiger partial charge in [0.15, 0.2) is 6.29 Å². The van der Waals surface area contributed by atoms with Crippen LogP contribution in [-0.4, -0.2) is 25.2 Å². The van der Waals surface area contributed by atoms with E-state index >= 15 is 0 Å². The zero-order chi connectivity index (χ0) is 11.5. The first-order valence-electron chi connectivity index (χ1n) is 4.91. The number of anilines is 1.